The van der Waals surface area contributed by atoms with Gasteiger partial charge in [-0.3, -0.25) is 4.79 Å². The van der Waals surface area contributed by atoms with Crippen molar-refractivity contribution in [3.8, 4) is 0 Å². The van der Waals surface area contributed by atoms with E-state index in [0.29, 0.717) is 23.4 Å². The van der Waals surface area contributed by atoms with Crippen molar-refractivity contribution in [1.29, 1.82) is 0 Å². The zero-order valence-corrected chi connectivity index (χ0v) is 13.0. The van der Waals surface area contributed by atoms with Crippen LogP contribution in [-0.4, -0.2) is 18.5 Å². The molecule has 2 aromatic rings. The van der Waals surface area contributed by atoms with E-state index < -0.39 is 0 Å². The number of amides is 1. The van der Waals surface area contributed by atoms with Gasteiger partial charge in [0.15, 0.2) is 0 Å². The third kappa shape index (κ3) is 4.16. The van der Waals surface area contributed by atoms with Gasteiger partial charge in [0, 0.05) is 15.7 Å². The second-order valence-corrected chi connectivity index (χ2v) is 5.18. The van der Waals surface area contributed by atoms with Crippen LogP contribution in [0.2, 0.25) is 0 Å². The van der Waals surface area contributed by atoms with E-state index in [1.54, 1.807) is 49.4 Å². The number of anilines is 1. The number of rotatable bonds is 4. The summed E-state index contributed by atoms with van der Waals surface area (Å²) in [7, 11) is 0. The summed E-state index contributed by atoms with van der Waals surface area (Å²) in [6, 6.07) is 13.7. The van der Waals surface area contributed by atoms with Gasteiger partial charge in [0.25, 0.3) is 5.91 Å². The van der Waals surface area contributed by atoms with Crippen molar-refractivity contribution in [3.05, 3.63) is 64.1 Å². The molecule has 21 heavy (non-hydrogen) atoms. The Morgan fingerprint density at radius 2 is 1.81 bits per heavy atom. The topological polar surface area (TPSA) is 55.4 Å². The van der Waals surface area contributed by atoms with Gasteiger partial charge in [-0.1, -0.05) is 22.0 Å². The number of carbonyl (C=O) groups excluding carboxylic acids is 2. The van der Waals surface area contributed by atoms with E-state index in [2.05, 4.69) is 21.2 Å². The lowest BCUT2D eigenvalue weighted by Crippen LogP contribution is -2.12. The van der Waals surface area contributed by atoms with E-state index in [9.17, 15) is 9.59 Å². The van der Waals surface area contributed by atoms with Crippen LogP contribution in [0.25, 0.3) is 0 Å². The van der Waals surface area contributed by atoms with Crippen LogP contribution in [0.1, 0.15) is 27.6 Å². The lowest BCUT2D eigenvalue weighted by molar-refractivity contribution is 0.0526. The van der Waals surface area contributed by atoms with E-state index in [1.165, 1.54) is 0 Å². The fourth-order valence-corrected chi connectivity index (χ4v) is 2.14. The Hall–Kier alpha value is -2.14. The Labute approximate surface area is 131 Å². The smallest absolute Gasteiger partial charge is 0.338 e. The molecule has 0 fully saturated rings. The largest absolute Gasteiger partial charge is 0.462 e. The number of halogens is 1. The summed E-state index contributed by atoms with van der Waals surface area (Å²) < 4.78 is 5.74. The van der Waals surface area contributed by atoms with Gasteiger partial charge in [0.2, 0.25) is 0 Å². The highest BCUT2D eigenvalue weighted by Crippen LogP contribution is 2.15. The van der Waals surface area contributed by atoms with Crippen LogP contribution < -0.4 is 5.32 Å². The van der Waals surface area contributed by atoms with Gasteiger partial charge in [-0.25, -0.2) is 4.79 Å². The molecule has 0 radical (unpaired) electrons. The minimum absolute atomic E-state index is 0.208. The number of hydrogen-bond acceptors (Lipinski definition) is 3. The van der Waals surface area contributed by atoms with Crippen LogP contribution in [0.3, 0.4) is 0 Å². The Morgan fingerprint density at radius 1 is 1.10 bits per heavy atom. The van der Waals surface area contributed by atoms with Crippen molar-refractivity contribution in [2.45, 2.75) is 6.92 Å². The molecule has 0 atom stereocenters. The van der Waals surface area contributed by atoms with Crippen LogP contribution in [0.15, 0.2) is 53.0 Å². The molecule has 0 saturated carbocycles. The standard InChI is InChI=1S/C16H14BrNO3/c1-2-21-16(20)11-6-8-14(9-7-11)18-15(19)12-4-3-5-13(17)10-12/h3-10H,2H2,1H3,(H,18,19). The molecular formula is C16H14BrNO3. The number of ether oxygens (including phenoxy) is 1. The van der Waals surface area contributed by atoms with Crippen LogP contribution >= 0.6 is 15.9 Å². The Bertz CT molecular complexity index is 653. The minimum Gasteiger partial charge on any atom is -0.462 e. The molecule has 2 aromatic carbocycles. The summed E-state index contributed by atoms with van der Waals surface area (Å²) in [6.07, 6.45) is 0. The van der Waals surface area contributed by atoms with E-state index >= 15 is 0 Å². The predicted octanol–water partition coefficient (Wildman–Crippen LogP) is 3.88. The average Bonchev–Trinajstić information content (AvgIpc) is 2.48. The van der Waals surface area contributed by atoms with Gasteiger partial charge in [-0.2, -0.15) is 0 Å². The summed E-state index contributed by atoms with van der Waals surface area (Å²) in [5.41, 5.74) is 1.63. The van der Waals surface area contributed by atoms with Gasteiger partial charge in [0.05, 0.1) is 12.2 Å². The predicted molar refractivity (Wildman–Crippen MR) is 84.5 cm³/mol. The van der Waals surface area contributed by atoms with Crippen LogP contribution in [0.5, 0.6) is 0 Å². The highest BCUT2D eigenvalue weighted by Gasteiger charge is 2.08. The molecule has 0 spiro atoms. The first-order valence-corrected chi connectivity index (χ1v) is 7.23. The summed E-state index contributed by atoms with van der Waals surface area (Å²) >= 11 is 3.32. The Balaban J connectivity index is 2.06. The SMILES string of the molecule is CCOC(=O)c1ccc(NC(=O)c2cccc(Br)c2)cc1. The lowest BCUT2D eigenvalue weighted by atomic mass is 10.2. The van der Waals surface area contributed by atoms with Crippen LogP contribution in [-0.2, 0) is 4.74 Å². The van der Waals surface area contributed by atoms with Crippen molar-refractivity contribution in [2.75, 3.05) is 11.9 Å². The fourth-order valence-electron chi connectivity index (χ4n) is 1.74. The van der Waals surface area contributed by atoms with Crippen molar-refractivity contribution in [1.82, 2.24) is 0 Å². The maximum atomic E-state index is 12.1. The summed E-state index contributed by atoms with van der Waals surface area (Å²) in [5.74, 6) is -0.581. The van der Waals surface area contributed by atoms with Gasteiger partial charge in [-0.05, 0) is 49.4 Å². The molecule has 4 nitrogen and oxygen atoms in total. The Morgan fingerprint density at radius 3 is 2.43 bits per heavy atom. The number of carbonyl (C=O) groups is 2. The van der Waals surface area contributed by atoms with E-state index in [4.69, 9.17) is 4.74 Å². The first kappa shape index (κ1) is 15.3. The molecule has 108 valence electrons. The third-order valence-electron chi connectivity index (χ3n) is 2.74. The first-order valence-electron chi connectivity index (χ1n) is 6.44. The number of esters is 1. The van der Waals surface area contributed by atoms with Crippen molar-refractivity contribution >= 4 is 33.5 Å². The molecule has 2 rings (SSSR count). The molecule has 0 heterocycles. The monoisotopic (exact) mass is 347 g/mol. The molecule has 1 N–H and O–H groups in total. The van der Waals surface area contributed by atoms with Crippen molar-refractivity contribution < 1.29 is 14.3 Å². The van der Waals surface area contributed by atoms with E-state index in [1.807, 2.05) is 6.07 Å². The van der Waals surface area contributed by atoms with Crippen molar-refractivity contribution in [3.63, 3.8) is 0 Å². The highest BCUT2D eigenvalue weighted by atomic mass is 79.9. The molecule has 0 bridgehead atoms. The van der Waals surface area contributed by atoms with Gasteiger partial charge >= 0.3 is 5.97 Å². The maximum Gasteiger partial charge on any atom is 0.338 e. The van der Waals surface area contributed by atoms with Crippen LogP contribution in [0, 0.1) is 0 Å². The second kappa shape index (κ2) is 7.04. The molecule has 5 heteroatoms. The van der Waals surface area contributed by atoms with Gasteiger partial charge < -0.3 is 10.1 Å². The second-order valence-electron chi connectivity index (χ2n) is 4.26. The molecule has 1 amide bonds. The lowest BCUT2D eigenvalue weighted by Gasteiger charge is -2.07. The molecule has 0 saturated heterocycles. The first-order chi connectivity index (χ1) is 10.1. The minimum atomic E-state index is -0.373. The third-order valence-corrected chi connectivity index (χ3v) is 3.23. The average molecular weight is 348 g/mol. The molecular weight excluding hydrogens is 334 g/mol. The van der Waals surface area contributed by atoms with Gasteiger partial charge in [-0.15, -0.1) is 0 Å². The Kier molecular flexibility index (Phi) is 5.11. The molecule has 0 aromatic heterocycles. The zero-order chi connectivity index (χ0) is 15.2. The van der Waals surface area contributed by atoms with E-state index in [-0.39, 0.29) is 11.9 Å². The number of hydrogen-bond donors (Lipinski definition) is 1. The fraction of sp³-hybridized carbons (Fsp3) is 0.125. The highest BCUT2D eigenvalue weighted by molar-refractivity contribution is 9.10. The van der Waals surface area contributed by atoms with E-state index in [0.717, 1.165) is 4.47 Å². The summed E-state index contributed by atoms with van der Waals surface area (Å²) in [6.45, 7) is 2.09. The van der Waals surface area contributed by atoms with Crippen molar-refractivity contribution in [2.24, 2.45) is 0 Å². The molecule has 0 aliphatic carbocycles. The van der Waals surface area contributed by atoms with Crippen LogP contribution in [0.4, 0.5) is 5.69 Å². The summed E-state index contributed by atoms with van der Waals surface area (Å²) in [5, 5.41) is 2.77. The molecule has 0 aliphatic heterocycles. The normalized spacial score (nSPS) is 10.0. The molecule has 0 unspecified atom stereocenters. The maximum absolute atomic E-state index is 12.1. The summed E-state index contributed by atoms with van der Waals surface area (Å²) in [4.78, 5) is 23.6. The number of benzene rings is 2. The molecule has 0 aliphatic rings. The zero-order valence-electron chi connectivity index (χ0n) is 11.4. The quantitative estimate of drug-likeness (QED) is 0.854. The number of nitrogens with one attached hydrogen (secondary N) is 1. The van der Waals surface area contributed by atoms with Gasteiger partial charge in [0.1, 0.15) is 0 Å².